The Morgan fingerprint density at radius 1 is 1.00 bits per heavy atom. The van der Waals surface area contributed by atoms with Gasteiger partial charge in [-0.3, -0.25) is 19.2 Å². The van der Waals surface area contributed by atoms with Crippen molar-refractivity contribution in [3.8, 4) is 0 Å². The Labute approximate surface area is 139 Å². The molecule has 4 N–H and O–H groups in total. The molecule has 136 valence electrons. The number of unbranched alkanes of at least 4 members (excludes halogenated alkanes) is 1. The first-order chi connectivity index (χ1) is 11.1. The van der Waals surface area contributed by atoms with Crippen molar-refractivity contribution in [1.29, 1.82) is 0 Å². The van der Waals surface area contributed by atoms with E-state index < -0.39 is 54.0 Å². The molecule has 24 heavy (non-hydrogen) atoms. The SMILES string of the molecule is C=CC(CCCC)(CC(CC(=O)O)C(=O)O)C(CC(=O)O)C(=O)O. The number of carboxylic acid groups (broad SMARTS) is 4. The second kappa shape index (κ2) is 9.69. The molecule has 0 aromatic carbocycles. The molecule has 0 rings (SSSR count). The molecule has 0 amide bonds. The van der Waals surface area contributed by atoms with Gasteiger partial charge in [-0.25, -0.2) is 0 Å². The Morgan fingerprint density at radius 3 is 1.88 bits per heavy atom. The molecular weight excluding hydrogens is 320 g/mol. The minimum absolute atomic E-state index is 0.223. The van der Waals surface area contributed by atoms with Gasteiger partial charge in [0.25, 0.3) is 0 Å². The zero-order chi connectivity index (χ0) is 18.9. The molecule has 8 heteroatoms. The first kappa shape index (κ1) is 21.6. The number of carbonyl (C=O) groups is 4. The van der Waals surface area contributed by atoms with E-state index in [0.29, 0.717) is 12.8 Å². The molecule has 3 atom stereocenters. The van der Waals surface area contributed by atoms with Crippen LogP contribution in [0.5, 0.6) is 0 Å². The van der Waals surface area contributed by atoms with Crippen LogP contribution in [0.3, 0.4) is 0 Å². The van der Waals surface area contributed by atoms with E-state index >= 15 is 0 Å². The number of rotatable bonds is 13. The van der Waals surface area contributed by atoms with Crippen molar-refractivity contribution in [1.82, 2.24) is 0 Å². The van der Waals surface area contributed by atoms with Crippen LogP contribution in [-0.2, 0) is 19.2 Å². The lowest BCUT2D eigenvalue weighted by molar-refractivity contribution is -0.155. The molecule has 0 heterocycles. The van der Waals surface area contributed by atoms with E-state index in [4.69, 9.17) is 10.2 Å². The van der Waals surface area contributed by atoms with E-state index in [0.717, 1.165) is 0 Å². The maximum atomic E-state index is 11.6. The highest BCUT2D eigenvalue weighted by Gasteiger charge is 2.44. The number of carboxylic acids is 4. The fourth-order valence-corrected chi connectivity index (χ4v) is 2.88. The third-order valence-corrected chi connectivity index (χ3v) is 4.17. The lowest BCUT2D eigenvalue weighted by Crippen LogP contribution is -2.39. The van der Waals surface area contributed by atoms with Gasteiger partial charge in [0.15, 0.2) is 0 Å². The highest BCUT2D eigenvalue weighted by Crippen LogP contribution is 2.43. The Morgan fingerprint density at radius 2 is 1.54 bits per heavy atom. The average Bonchev–Trinajstić information content (AvgIpc) is 2.47. The molecular formula is C16H24O8. The van der Waals surface area contributed by atoms with Crippen molar-refractivity contribution in [2.24, 2.45) is 17.3 Å². The van der Waals surface area contributed by atoms with Gasteiger partial charge in [-0.15, -0.1) is 6.58 Å². The number of hydrogen-bond acceptors (Lipinski definition) is 4. The zero-order valence-corrected chi connectivity index (χ0v) is 13.6. The summed E-state index contributed by atoms with van der Waals surface area (Å²) in [6.07, 6.45) is 1.08. The van der Waals surface area contributed by atoms with Crippen LogP contribution in [0.2, 0.25) is 0 Å². The minimum atomic E-state index is -1.38. The van der Waals surface area contributed by atoms with Gasteiger partial charge in [0.1, 0.15) is 0 Å². The maximum absolute atomic E-state index is 11.6. The Kier molecular flexibility index (Phi) is 8.73. The molecule has 0 aliphatic carbocycles. The van der Waals surface area contributed by atoms with Crippen molar-refractivity contribution in [3.05, 3.63) is 12.7 Å². The van der Waals surface area contributed by atoms with Gasteiger partial charge in [-0.2, -0.15) is 0 Å². The molecule has 0 aliphatic rings. The molecule has 0 saturated carbocycles. The van der Waals surface area contributed by atoms with Gasteiger partial charge in [-0.1, -0.05) is 25.8 Å². The molecule has 0 saturated heterocycles. The largest absolute Gasteiger partial charge is 0.481 e. The van der Waals surface area contributed by atoms with Crippen LogP contribution in [0.4, 0.5) is 0 Å². The van der Waals surface area contributed by atoms with E-state index in [9.17, 15) is 29.4 Å². The van der Waals surface area contributed by atoms with Crippen molar-refractivity contribution in [2.75, 3.05) is 0 Å². The monoisotopic (exact) mass is 344 g/mol. The van der Waals surface area contributed by atoms with E-state index in [1.165, 1.54) is 6.08 Å². The van der Waals surface area contributed by atoms with Crippen molar-refractivity contribution >= 4 is 23.9 Å². The molecule has 8 nitrogen and oxygen atoms in total. The van der Waals surface area contributed by atoms with Crippen LogP contribution in [-0.4, -0.2) is 44.3 Å². The van der Waals surface area contributed by atoms with E-state index in [2.05, 4.69) is 6.58 Å². The summed E-state index contributed by atoms with van der Waals surface area (Å²) in [5.41, 5.74) is -1.31. The van der Waals surface area contributed by atoms with Gasteiger partial charge in [0, 0.05) is 5.41 Å². The smallest absolute Gasteiger partial charge is 0.307 e. The summed E-state index contributed by atoms with van der Waals surface area (Å²) in [6.45, 7) is 5.45. The van der Waals surface area contributed by atoms with Crippen LogP contribution < -0.4 is 0 Å². The van der Waals surface area contributed by atoms with E-state index in [1.54, 1.807) is 0 Å². The maximum Gasteiger partial charge on any atom is 0.307 e. The van der Waals surface area contributed by atoms with E-state index in [1.807, 2.05) is 6.92 Å². The molecule has 0 aromatic heterocycles. The van der Waals surface area contributed by atoms with Crippen molar-refractivity contribution in [2.45, 2.75) is 45.4 Å². The van der Waals surface area contributed by atoms with Crippen LogP contribution >= 0.6 is 0 Å². The number of aliphatic carboxylic acids is 4. The van der Waals surface area contributed by atoms with Gasteiger partial charge in [0.2, 0.25) is 0 Å². The second-order valence-corrected chi connectivity index (χ2v) is 5.87. The van der Waals surface area contributed by atoms with E-state index in [-0.39, 0.29) is 12.8 Å². The summed E-state index contributed by atoms with van der Waals surface area (Å²) < 4.78 is 0. The summed E-state index contributed by atoms with van der Waals surface area (Å²) in [5, 5.41) is 36.6. The highest BCUT2D eigenvalue weighted by atomic mass is 16.4. The van der Waals surface area contributed by atoms with Crippen LogP contribution in [0.25, 0.3) is 0 Å². The quantitative estimate of drug-likeness (QED) is 0.371. The molecule has 0 aliphatic heterocycles. The summed E-state index contributed by atoms with van der Waals surface area (Å²) in [6, 6.07) is 0. The second-order valence-electron chi connectivity index (χ2n) is 5.87. The van der Waals surface area contributed by atoms with Gasteiger partial charge in [0.05, 0.1) is 24.7 Å². The lowest BCUT2D eigenvalue weighted by Gasteiger charge is -2.37. The third-order valence-electron chi connectivity index (χ3n) is 4.17. The Hall–Kier alpha value is -2.38. The summed E-state index contributed by atoms with van der Waals surface area (Å²) in [7, 11) is 0. The Balaban J connectivity index is 5.84. The summed E-state index contributed by atoms with van der Waals surface area (Å²) >= 11 is 0. The first-order valence-corrected chi connectivity index (χ1v) is 7.62. The molecule has 0 fully saturated rings. The molecule has 3 unspecified atom stereocenters. The summed E-state index contributed by atoms with van der Waals surface area (Å²) in [4.78, 5) is 44.9. The van der Waals surface area contributed by atoms with Gasteiger partial charge in [-0.05, 0) is 12.8 Å². The lowest BCUT2D eigenvalue weighted by atomic mass is 9.65. The molecule has 0 aromatic rings. The first-order valence-electron chi connectivity index (χ1n) is 7.62. The van der Waals surface area contributed by atoms with Crippen LogP contribution in [0.1, 0.15) is 45.4 Å². The molecule has 0 radical (unpaired) electrons. The normalized spacial score (nSPS) is 15.7. The van der Waals surface area contributed by atoms with Gasteiger partial charge >= 0.3 is 23.9 Å². The topological polar surface area (TPSA) is 149 Å². The Bertz CT molecular complexity index is 498. The standard InChI is InChI=1S/C16H24O8/c1-3-5-6-16(4-2,11(15(23)24)8-13(19)20)9-10(14(21)22)7-12(17)18/h4,10-11H,2-3,5-9H2,1H3,(H,17,18)(H,19,20)(H,21,22)(H,23,24). The number of allylic oxidation sites excluding steroid dienone is 1. The van der Waals surface area contributed by atoms with Crippen molar-refractivity contribution in [3.63, 3.8) is 0 Å². The summed E-state index contributed by atoms with van der Waals surface area (Å²) in [5.74, 6) is -8.08. The van der Waals surface area contributed by atoms with Gasteiger partial charge < -0.3 is 20.4 Å². The number of hydrogen-bond donors (Lipinski definition) is 4. The van der Waals surface area contributed by atoms with Crippen LogP contribution in [0, 0.1) is 17.3 Å². The van der Waals surface area contributed by atoms with Crippen molar-refractivity contribution < 1.29 is 39.6 Å². The predicted octanol–water partition coefficient (Wildman–Crippen LogP) is 2.09. The third kappa shape index (κ3) is 6.39. The minimum Gasteiger partial charge on any atom is -0.481 e. The molecule has 0 bridgehead atoms. The molecule has 0 spiro atoms. The average molecular weight is 344 g/mol. The highest BCUT2D eigenvalue weighted by molar-refractivity contribution is 5.80. The van der Waals surface area contributed by atoms with Crippen LogP contribution in [0.15, 0.2) is 12.7 Å². The fraction of sp³-hybridized carbons (Fsp3) is 0.625. The zero-order valence-electron chi connectivity index (χ0n) is 13.6. The predicted molar refractivity (Wildman–Crippen MR) is 83.5 cm³/mol. The fourth-order valence-electron chi connectivity index (χ4n) is 2.88.